The predicted molar refractivity (Wildman–Crippen MR) is 81.9 cm³/mol. The van der Waals surface area contributed by atoms with E-state index >= 15 is 0 Å². The number of aryl methyl sites for hydroxylation is 1. The Hall–Kier alpha value is -2.09. The first-order valence-electron chi connectivity index (χ1n) is 6.76. The first-order valence-corrected chi connectivity index (χ1v) is 7.57. The number of rotatable bonds is 6. The van der Waals surface area contributed by atoms with E-state index in [4.69, 9.17) is 0 Å². The molecule has 0 bridgehead atoms. The van der Waals surface area contributed by atoms with Crippen molar-refractivity contribution in [2.24, 2.45) is 7.05 Å². The highest BCUT2D eigenvalue weighted by atomic mass is 32.1. The van der Waals surface area contributed by atoms with Gasteiger partial charge in [-0.25, -0.2) is 9.55 Å². The molecule has 0 fully saturated rings. The van der Waals surface area contributed by atoms with Crippen LogP contribution in [0.3, 0.4) is 0 Å². The van der Waals surface area contributed by atoms with Gasteiger partial charge in [-0.3, -0.25) is 0 Å². The fourth-order valence-corrected chi connectivity index (χ4v) is 2.91. The summed E-state index contributed by atoms with van der Waals surface area (Å²) >= 11 is 1.57. The van der Waals surface area contributed by atoms with E-state index < -0.39 is 4.92 Å². The van der Waals surface area contributed by atoms with Crippen molar-refractivity contribution in [3.63, 3.8) is 0 Å². The predicted octanol–water partition coefficient (Wildman–Crippen LogP) is 3.08. The SMILES string of the molecule is CCCc1nnc(/C(=C/c2ncc([N+](=O)[O-])n2C)CC)s1. The highest BCUT2D eigenvalue weighted by Crippen LogP contribution is 2.25. The molecule has 0 saturated heterocycles. The van der Waals surface area contributed by atoms with Crippen LogP contribution < -0.4 is 0 Å². The topological polar surface area (TPSA) is 86.7 Å². The molecule has 8 heteroatoms. The lowest BCUT2D eigenvalue weighted by Crippen LogP contribution is -1.99. The average molecular weight is 307 g/mol. The van der Waals surface area contributed by atoms with Crippen LogP contribution in [0.25, 0.3) is 11.6 Å². The molecular weight excluding hydrogens is 290 g/mol. The Morgan fingerprint density at radius 2 is 2.24 bits per heavy atom. The molecule has 0 N–H and O–H groups in total. The van der Waals surface area contributed by atoms with Gasteiger partial charge in [0, 0.05) is 12.5 Å². The molecule has 2 rings (SSSR count). The quantitative estimate of drug-likeness (QED) is 0.604. The van der Waals surface area contributed by atoms with Crippen molar-refractivity contribution in [2.75, 3.05) is 0 Å². The monoisotopic (exact) mass is 307 g/mol. The summed E-state index contributed by atoms with van der Waals surface area (Å²) in [6.07, 6.45) is 5.82. The zero-order valence-electron chi connectivity index (χ0n) is 12.2. The molecule has 0 aliphatic rings. The first kappa shape index (κ1) is 15.3. The van der Waals surface area contributed by atoms with Crippen LogP contribution in [0, 0.1) is 10.1 Å². The number of aromatic nitrogens is 4. The number of nitro groups is 1. The van der Waals surface area contributed by atoms with E-state index in [1.807, 2.05) is 13.0 Å². The molecule has 112 valence electrons. The van der Waals surface area contributed by atoms with E-state index in [1.54, 1.807) is 18.4 Å². The lowest BCUT2D eigenvalue weighted by molar-refractivity contribution is -0.391. The summed E-state index contributed by atoms with van der Waals surface area (Å²) in [5.41, 5.74) is 0.985. The van der Waals surface area contributed by atoms with E-state index in [0.29, 0.717) is 5.82 Å². The number of nitrogens with zero attached hydrogens (tertiary/aromatic N) is 5. The van der Waals surface area contributed by atoms with Crippen LogP contribution in [-0.4, -0.2) is 24.7 Å². The van der Waals surface area contributed by atoms with E-state index in [2.05, 4.69) is 22.1 Å². The number of allylic oxidation sites excluding steroid dienone is 1. The Morgan fingerprint density at radius 3 is 2.81 bits per heavy atom. The van der Waals surface area contributed by atoms with Crippen LogP contribution in [0.2, 0.25) is 0 Å². The van der Waals surface area contributed by atoms with Gasteiger partial charge >= 0.3 is 5.82 Å². The van der Waals surface area contributed by atoms with Gasteiger partial charge in [0.25, 0.3) is 0 Å². The molecule has 0 radical (unpaired) electrons. The van der Waals surface area contributed by atoms with E-state index in [1.165, 1.54) is 10.8 Å². The first-order chi connectivity index (χ1) is 10.1. The molecule has 0 atom stereocenters. The molecule has 2 heterocycles. The van der Waals surface area contributed by atoms with Gasteiger partial charge in [0.05, 0.1) is 7.05 Å². The average Bonchev–Trinajstić information content (AvgIpc) is 3.04. The second-order valence-corrected chi connectivity index (χ2v) is 5.63. The van der Waals surface area contributed by atoms with Crippen LogP contribution in [0.1, 0.15) is 42.5 Å². The summed E-state index contributed by atoms with van der Waals surface area (Å²) in [4.78, 5) is 14.5. The third-order valence-electron chi connectivity index (χ3n) is 3.08. The smallest absolute Gasteiger partial charge is 0.342 e. The van der Waals surface area contributed by atoms with Gasteiger partial charge in [-0.05, 0) is 23.3 Å². The molecule has 21 heavy (non-hydrogen) atoms. The molecule has 7 nitrogen and oxygen atoms in total. The van der Waals surface area contributed by atoms with E-state index in [-0.39, 0.29) is 5.82 Å². The molecule has 0 aromatic carbocycles. The van der Waals surface area contributed by atoms with Crippen LogP contribution >= 0.6 is 11.3 Å². The van der Waals surface area contributed by atoms with Gasteiger partial charge in [0.1, 0.15) is 16.2 Å². The maximum absolute atomic E-state index is 10.8. The second kappa shape index (κ2) is 6.57. The summed E-state index contributed by atoms with van der Waals surface area (Å²) in [6.45, 7) is 4.12. The van der Waals surface area contributed by atoms with Gasteiger partial charge in [0.2, 0.25) is 5.82 Å². The van der Waals surface area contributed by atoms with Crippen molar-refractivity contribution in [1.82, 2.24) is 19.7 Å². The molecule has 0 aliphatic carbocycles. The van der Waals surface area contributed by atoms with E-state index in [9.17, 15) is 10.1 Å². The third-order valence-corrected chi connectivity index (χ3v) is 4.13. The summed E-state index contributed by atoms with van der Waals surface area (Å²) in [7, 11) is 1.63. The Kier molecular flexibility index (Phi) is 4.79. The Bertz CT molecular complexity index is 674. The lowest BCUT2D eigenvalue weighted by Gasteiger charge is -1.98. The van der Waals surface area contributed by atoms with Gasteiger partial charge in [-0.1, -0.05) is 25.2 Å². The zero-order chi connectivity index (χ0) is 15.4. The maximum atomic E-state index is 10.8. The fourth-order valence-electron chi connectivity index (χ4n) is 1.89. The molecule has 0 unspecified atom stereocenters. The molecule has 0 aliphatic heterocycles. The van der Waals surface area contributed by atoms with Crippen LogP contribution in [0.4, 0.5) is 5.82 Å². The second-order valence-electron chi connectivity index (χ2n) is 4.56. The number of hydrogen-bond acceptors (Lipinski definition) is 6. The maximum Gasteiger partial charge on any atom is 0.342 e. The Balaban J connectivity index is 2.33. The molecule has 2 aromatic rings. The van der Waals surface area contributed by atoms with Crippen LogP contribution in [0.5, 0.6) is 0 Å². The Labute approximate surface area is 126 Å². The fraction of sp³-hybridized carbons (Fsp3) is 0.462. The lowest BCUT2D eigenvalue weighted by atomic mass is 10.2. The summed E-state index contributed by atoms with van der Waals surface area (Å²) in [5, 5.41) is 21.1. The van der Waals surface area contributed by atoms with Crippen molar-refractivity contribution in [3.05, 3.63) is 32.2 Å². The van der Waals surface area contributed by atoms with Gasteiger partial charge in [-0.2, -0.15) is 0 Å². The number of imidazole rings is 1. The molecule has 0 saturated carbocycles. The largest absolute Gasteiger partial charge is 0.358 e. The summed E-state index contributed by atoms with van der Waals surface area (Å²) in [5.74, 6) is 0.520. The van der Waals surface area contributed by atoms with Crippen LogP contribution in [-0.2, 0) is 13.5 Å². The minimum atomic E-state index is -0.444. The highest BCUT2D eigenvalue weighted by molar-refractivity contribution is 7.12. The molecule has 2 aromatic heterocycles. The normalized spacial score (nSPS) is 11.9. The van der Waals surface area contributed by atoms with Crippen molar-refractivity contribution in [1.29, 1.82) is 0 Å². The number of hydrogen-bond donors (Lipinski definition) is 0. The van der Waals surface area contributed by atoms with Gasteiger partial charge in [-0.15, -0.1) is 10.2 Å². The molecule has 0 spiro atoms. The molecular formula is C13H17N5O2S. The summed E-state index contributed by atoms with van der Waals surface area (Å²) in [6, 6.07) is 0. The Morgan fingerprint density at radius 1 is 1.48 bits per heavy atom. The van der Waals surface area contributed by atoms with Gasteiger partial charge < -0.3 is 10.1 Å². The molecule has 0 amide bonds. The highest BCUT2D eigenvalue weighted by Gasteiger charge is 2.16. The van der Waals surface area contributed by atoms with Crippen LogP contribution in [0.15, 0.2) is 6.20 Å². The summed E-state index contributed by atoms with van der Waals surface area (Å²) < 4.78 is 1.46. The van der Waals surface area contributed by atoms with Gasteiger partial charge in [0.15, 0.2) is 0 Å². The standard InChI is InChI=1S/C13H17N5O2S/c1-4-6-11-15-16-13(21-11)9(5-2)7-10-14-8-12(17(10)3)18(19)20/h7-8H,4-6H2,1-3H3/b9-7+. The van der Waals surface area contributed by atoms with Crippen molar-refractivity contribution >= 4 is 28.8 Å². The van der Waals surface area contributed by atoms with Crippen molar-refractivity contribution in [3.8, 4) is 0 Å². The zero-order valence-corrected chi connectivity index (χ0v) is 13.1. The minimum absolute atomic E-state index is 0.0272. The van der Waals surface area contributed by atoms with E-state index in [0.717, 1.165) is 34.9 Å². The van der Waals surface area contributed by atoms with Crippen molar-refractivity contribution in [2.45, 2.75) is 33.1 Å². The van der Waals surface area contributed by atoms with Crippen molar-refractivity contribution < 1.29 is 4.92 Å². The third kappa shape index (κ3) is 3.33. The minimum Gasteiger partial charge on any atom is -0.358 e.